The van der Waals surface area contributed by atoms with Crippen molar-refractivity contribution < 1.29 is 14.4 Å². The summed E-state index contributed by atoms with van der Waals surface area (Å²) in [5.41, 5.74) is 4.48. The van der Waals surface area contributed by atoms with Gasteiger partial charge in [0.2, 0.25) is 5.91 Å². The fourth-order valence-corrected chi connectivity index (χ4v) is 5.32. The number of amides is 2. The van der Waals surface area contributed by atoms with E-state index in [0.29, 0.717) is 29.2 Å². The second kappa shape index (κ2) is 11.3. The molecule has 1 aliphatic carbocycles. The number of rotatable bonds is 8. The largest absolute Gasteiger partial charge is 0.353 e. The number of nitrogens with one attached hydrogen (secondary N) is 1. The maximum absolute atomic E-state index is 13.5. The van der Waals surface area contributed by atoms with E-state index in [2.05, 4.69) is 10.3 Å². The van der Waals surface area contributed by atoms with Gasteiger partial charge in [0.25, 0.3) is 5.91 Å². The van der Waals surface area contributed by atoms with Gasteiger partial charge in [-0.1, -0.05) is 55.3 Å². The van der Waals surface area contributed by atoms with Crippen LogP contribution in [0.5, 0.6) is 0 Å². The molecule has 0 radical (unpaired) electrons. The van der Waals surface area contributed by atoms with Gasteiger partial charge in [-0.25, -0.2) is 0 Å². The molecule has 1 saturated heterocycles. The molecule has 1 aliphatic heterocycles. The normalized spacial score (nSPS) is 15.0. The summed E-state index contributed by atoms with van der Waals surface area (Å²) in [6.07, 6.45) is 11.8. The van der Waals surface area contributed by atoms with Crippen LogP contribution in [0.15, 0.2) is 73.1 Å². The Balaban J connectivity index is 1.07. The average molecular weight is 494 g/mol. The molecule has 0 spiro atoms. The molecule has 37 heavy (non-hydrogen) atoms. The van der Waals surface area contributed by atoms with Gasteiger partial charge in [-0.2, -0.15) is 0 Å². The Hall–Kier alpha value is -4.06. The van der Waals surface area contributed by atoms with Crippen molar-refractivity contribution in [2.75, 3.05) is 19.6 Å². The third-order valence-corrected chi connectivity index (χ3v) is 7.33. The number of likely N-dealkylation sites (tertiary alicyclic amines) is 1. The molecule has 2 aliphatic rings. The SMILES string of the molecule is O=C(C=Cc1cccnc1)NCCCCC1CCN(C(=O)c2cccc3c2-c2ccccc2C3=O)CC1. The predicted octanol–water partition coefficient (Wildman–Crippen LogP) is 5.15. The van der Waals surface area contributed by atoms with Gasteiger partial charge < -0.3 is 10.2 Å². The van der Waals surface area contributed by atoms with Gasteiger partial charge in [-0.15, -0.1) is 0 Å². The van der Waals surface area contributed by atoms with Gasteiger partial charge in [0, 0.05) is 60.4 Å². The quantitative estimate of drug-likeness (QED) is 0.272. The maximum atomic E-state index is 13.5. The van der Waals surface area contributed by atoms with Crippen LogP contribution in [0.4, 0.5) is 0 Å². The number of pyridine rings is 1. The minimum Gasteiger partial charge on any atom is -0.353 e. The van der Waals surface area contributed by atoms with Crippen molar-refractivity contribution in [2.45, 2.75) is 32.1 Å². The van der Waals surface area contributed by atoms with E-state index in [4.69, 9.17) is 0 Å². The molecule has 0 saturated carbocycles. The number of carbonyl (C=O) groups is 3. The number of ketones is 1. The van der Waals surface area contributed by atoms with E-state index in [1.807, 2.05) is 59.5 Å². The fraction of sp³-hybridized carbons (Fsp3) is 0.290. The van der Waals surface area contributed by atoms with E-state index in [0.717, 1.165) is 61.9 Å². The zero-order chi connectivity index (χ0) is 25.6. The smallest absolute Gasteiger partial charge is 0.254 e. The summed E-state index contributed by atoms with van der Waals surface area (Å²) < 4.78 is 0. The molecule has 0 atom stereocenters. The number of hydrogen-bond acceptors (Lipinski definition) is 4. The Kier molecular flexibility index (Phi) is 7.54. The molecular formula is C31H31N3O3. The molecule has 2 aromatic carbocycles. The van der Waals surface area contributed by atoms with E-state index in [1.54, 1.807) is 24.5 Å². The summed E-state index contributed by atoms with van der Waals surface area (Å²) in [6, 6.07) is 16.8. The summed E-state index contributed by atoms with van der Waals surface area (Å²) in [7, 11) is 0. The lowest BCUT2D eigenvalue weighted by Crippen LogP contribution is -2.38. The highest BCUT2D eigenvalue weighted by atomic mass is 16.2. The predicted molar refractivity (Wildman–Crippen MR) is 144 cm³/mol. The molecule has 5 rings (SSSR count). The van der Waals surface area contributed by atoms with Gasteiger partial charge in [0.1, 0.15) is 0 Å². The molecular weight excluding hydrogens is 462 g/mol. The molecule has 1 aromatic heterocycles. The van der Waals surface area contributed by atoms with Crippen LogP contribution in [0.3, 0.4) is 0 Å². The second-order valence-electron chi connectivity index (χ2n) is 9.74. The van der Waals surface area contributed by atoms with Crippen molar-refractivity contribution in [3.05, 3.63) is 95.3 Å². The maximum Gasteiger partial charge on any atom is 0.254 e. The third-order valence-electron chi connectivity index (χ3n) is 7.33. The first kappa shape index (κ1) is 24.6. The molecule has 0 unspecified atom stereocenters. The summed E-state index contributed by atoms with van der Waals surface area (Å²) in [4.78, 5) is 44.2. The number of carbonyl (C=O) groups excluding carboxylic acids is 3. The lowest BCUT2D eigenvalue weighted by atomic mass is 9.90. The van der Waals surface area contributed by atoms with Crippen LogP contribution >= 0.6 is 0 Å². The molecule has 1 N–H and O–H groups in total. The van der Waals surface area contributed by atoms with E-state index in [9.17, 15) is 14.4 Å². The fourth-order valence-electron chi connectivity index (χ4n) is 5.32. The summed E-state index contributed by atoms with van der Waals surface area (Å²) >= 11 is 0. The lowest BCUT2D eigenvalue weighted by Gasteiger charge is -2.32. The first-order chi connectivity index (χ1) is 18.1. The first-order valence-electron chi connectivity index (χ1n) is 13.0. The Morgan fingerprint density at radius 3 is 2.51 bits per heavy atom. The van der Waals surface area contributed by atoms with Crippen molar-refractivity contribution in [1.29, 1.82) is 0 Å². The van der Waals surface area contributed by atoms with Gasteiger partial charge in [0.05, 0.1) is 0 Å². The summed E-state index contributed by atoms with van der Waals surface area (Å²) in [6.45, 7) is 2.13. The van der Waals surface area contributed by atoms with Gasteiger partial charge in [-0.05, 0) is 54.5 Å². The van der Waals surface area contributed by atoms with Crippen LogP contribution in [0.2, 0.25) is 0 Å². The van der Waals surface area contributed by atoms with E-state index < -0.39 is 0 Å². The van der Waals surface area contributed by atoms with Crippen LogP contribution in [0, 0.1) is 5.92 Å². The topological polar surface area (TPSA) is 79.4 Å². The Bertz CT molecular complexity index is 1320. The van der Waals surface area contributed by atoms with Gasteiger partial charge in [0.15, 0.2) is 5.78 Å². The third kappa shape index (κ3) is 5.53. The molecule has 2 amide bonds. The minimum absolute atomic E-state index is 0.000311. The summed E-state index contributed by atoms with van der Waals surface area (Å²) in [5.74, 6) is 0.517. The average Bonchev–Trinajstić information content (AvgIpc) is 3.24. The molecule has 6 nitrogen and oxygen atoms in total. The zero-order valence-electron chi connectivity index (χ0n) is 20.9. The van der Waals surface area contributed by atoms with Gasteiger partial charge in [-0.3, -0.25) is 19.4 Å². The van der Waals surface area contributed by atoms with Gasteiger partial charge >= 0.3 is 0 Å². The molecule has 2 heterocycles. The number of fused-ring (bicyclic) bond motifs is 3. The van der Waals surface area contributed by atoms with Crippen LogP contribution in [0.25, 0.3) is 17.2 Å². The molecule has 188 valence electrons. The highest BCUT2D eigenvalue weighted by molar-refractivity contribution is 6.24. The number of unbranched alkanes of at least 4 members (excludes halogenated alkanes) is 1. The Morgan fingerprint density at radius 2 is 1.73 bits per heavy atom. The number of benzene rings is 2. The Labute approximate surface area is 217 Å². The minimum atomic E-state index is -0.0904. The standard InChI is InChI=1S/C31H31N3O3/c35-28(14-13-23-8-6-17-32-21-23)33-18-4-3-7-22-15-19-34(20-16-22)31(37)27-12-5-11-26-29(27)24-9-1-2-10-25(24)30(26)36/h1-2,5-6,8-14,17,21-22H,3-4,7,15-16,18-20H2,(H,33,35). The van der Waals surface area contributed by atoms with Crippen molar-refractivity contribution in [1.82, 2.24) is 15.2 Å². The number of aromatic nitrogens is 1. The van der Waals surface area contributed by atoms with E-state index in [1.165, 1.54) is 0 Å². The van der Waals surface area contributed by atoms with Crippen molar-refractivity contribution in [3.63, 3.8) is 0 Å². The monoisotopic (exact) mass is 493 g/mol. The molecule has 1 fully saturated rings. The van der Waals surface area contributed by atoms with E-state index in [-0.39, 0.29) is 17.6 Å². The highest BCUT2D eigenvalue weighted by Gasteiger charge is 2.32. The van der Waals surface area contributed by atoms with Crippen LogP contribution in [0.1, 0.15) is 63.9 Å². The second-order valence-corrected chi connectivity index (χ2v) is 9.74. The van der Waals surface area contributed by atoms with Crippen LogP contribution < -0.4 is 5.32 Å². The van der Waals surface area contributed by atoms with Crippen molar-refractivity contribution >= 4 is 23.7 Å². The summed E-state index contributed by atoms with van der Waals surface area (Å²) in [5, 5.41) is 2.94. The lowest BCUT2D eigenvalue weighted by molar-refractivity contribution is -0.116. The zero-order valence-corrected chi connectivity index (χ0v) is 20.9. The van der Waals surface area contributed by atoms with Crippen molar-refractivity contribution in [3.8, 4) is 11.1 Å². The molecule has 6 heteroatoms. The van der Waals surface area contributed by atoms with Crippen LogP contribution in [-0.4, -0.2) is 47.1 Å². The van der Waals surface area contributed by atoms with Crippen LogP contribution in [-0.2, 0) is 4.79 Å². The number of hydrogen-bond donors (Lipinski definition) is 1. The van der Waals surface area contributed by atoms with E-state index >= 15 is 0 Å². The molecule has 3 aromatic rings. The first-order valence-corrected chi connectivity index (χ1v) is 13.0. The Morgan fingerprint density at radius 1 is 0.946 bits per heavy atom. The highest BCUT2D eigenvalue weighted by Crippen LogP contribution is 2.39. The molecule has 0 bridgehead atoms. The van der Waals surface area contributed by atoms with Crippen molar-refractivity contribution in [2.24, 2.45) is 5.92 Å². The number of nitrogens with zero attached hydrogens (tertiary/aromatic N) is 2. The number of piperidine rings is 1.